The Labute approximate surface area is 122 Å². The molecule has 0 spiro atoms. The van der Waals surface area contributed by atoms with Crippen LogP contribution < -0.4 is 15.2 Å². The van der Waals surface area contributed by atoms with Gasteiger partial charge in [0.2, 0.25) is 10.0 Å². The number of methoxy groups -OCH3 is 1. The van der Waals surface area contributed by atoms with Crippen molar-refractivity contribution in [2.24, 2.45) is 5.73 Å². The Kier molecular flexibility index (Phi) is 7.28. The summed E-state index contributed by atoms with van der Waals surface area (Å²) in [4.78, 5) is -0.0987. The quantitative estimate of drug-likeness (QED) is 0.857. The lowest BCUT2D eigenvalue weighted by atomic mass is 10.3. The Hall–Kier alpha value is -0.240. The molecule has 0 aliphatic carbocycles. The summed E-state index contributed by atoms with van der Waals surface area (Å²) in [6.45, 7) is 0.322. The third-order valence-electron chi connectivity index (χ3n) is 1.93. The molecule has 0 aliphatic rings. The molecule has 0 aliphatic heterocycles. The molecule has 1 aromatic rings. The molecular weight excluding hydrogens is 323 g/mol. The molecule has 0 radical (unpaired) electrons. The first-order valence-electron chi connectivity index (χ1n) is 4.65. The first kappa shape index (κ1) is 17.8. The van der Waals surface area contributed by atoms with E-state index in [9.17, 15) is 8.42 Å². The summed E-state index contributed by atoms with van der Waals surface area (Å²) in [6, 6.07) is 2.59. The molecule has 0 heterocycles. The molecule has 104 valence electrons. The van der Waals surface area contributed by atoms with Gasteiger partial charge in [-0.15, -0.1) is 12.4 Å². The lowest BCUT2D eigenvalue weighted by molar-refractivity contribution is 0.414. The molecule has 1 rings (SSSR count). The number of hydrogen-bond acceptors (Lipinski definition) is 4. The number of nitrogens with two attached hydrogens (primary N) is 1. The van der Waals surface area contributed by atoms with Gasteiger partial charge in [-0.2, -0.15) is 0 Å². The third kappa shape index (κ3) is 4.15. The van der Waals surface area contributed by atoms with Crippen molar-refractivity contribution in [2.45, 2.75) is 4.90 Å². The number of sulfonamides is 1. The highest BCUT2D eigenvalue weighted by atomic mass is 35.5. The smallest absolute Gasteiger partial charge is 0.242 e. The highest BCUT2D eigenvalue weighted by Crippen LogP contribution is 2.33. The lowest BCUT2D eigenvalue weighted by Crippen LogP contribution is -2.29. The van der Waals surface area contributed by atoms with E-state index in [1.54, 1.807) is 0 Å². The van der Waals surface area contributed by atoms with Crippen molar-refractivity contribution in [1.29, 1.82) is 0 Å². The minimum absolute atomic E-state index is 0. The maximum absolute atomic E-state index is 11.8. The molecule has 0 fully saturated rings. The second-order valence-corrected chi connectivity index (χ2v) is 5.65. The van der Waals surface area contributed by atoms with E-state index in [1.807, 2.05) is 0 Å². The van der Waals surface area contributed by atoms with Gasteiger partial charge in [0.25, 0.3) is 0 Å². The van der Waals surface area contributed by atoms with Gasteiger partial charge in [0.15, 0.2) is 0 Å². The van der Waals surface area contributed by atoms with Crippen LogP contribution in [0.5, 0.6) is 5.75 Å². The highest BCUT2D eigenvalue weighted by Gasteiger charge is 2.19. The van der Waals surface area contributed by atoms with Crippen LogP contribution in [0.4, 0.5) is 0 Å². The normalized spacial score (nSPS) is 10.9. The Bertz CT molecular complexity index is 508. The molecule has 0 atom stereocenters. The van der Waals surface area contributed by atoms with Gasteiger partial charge < -0.3 is 10.5 Å². The SMILES string of the molecule is COc1cc(Cl)c(S(=O)(=O)NCCN)cc1Cl.Cl. The lowest BCUT2D eigenvalue weighted by Gasteiger charge is -2.10. The van der Waals surface area contributed by atoms with Crippen molar-refractivity contribution in [3.05, 3.63) is 22.2 Å². The van der Waals surface area contributed by atoms with Gasteiger partial charge in [-0.3, -0.25) is 0 Å². The van der Waals surface area contributed by atoms with E-state index >= 15 is 0 Å². The predicted octanol–water partition coefficient (Wildman–Crippen LogP) is 1.66. The Morgan fingerprint density at radius 1 is 1.33 bits per heavy atom. The topological polar surface area (TPSA) is 81.4 Å². The molecule has 9 heteroatoms. The Balaban J connectivity index is 0.00000289. The van der Waals surface area contributed by atoms with Gasteiger partial charge in [0.1, 0.15) is 10.6 Å². The summed E-state index contributed by atoms with van der Waals surface area (Å²) in [6.07, 6.45) is 0. The van der Waals surface area contributed by atoms with E-state index < -0.39 is 10.0 Å². The molecule has 0 saturated heterocycles. The molecule has 18 heavy (non-hydrogen) atoms. The zero-order valence-corrected chi connectivity index (χ0v) is 12.6. The molecular formula is C9H13Cl3N2O3S. The summed E-state index contributed by atoms with van der Waals surface area (Å²) in [5, 5.41) is 0.209. The van der Waals surface area contributed by atoms with Crippen LogP contribution >= 0.6 is 35.6 Å². The second kappa shape index (κ2) is 7.37. The van der Waals surface area contributed by atoms with Crippen LogP contribution in [0.2, 0.25) is 10.0 Å². The van der Waals surface area contributed by atoms with E-state index in [1.165, 1.54) is 19.2 Å². The summed E-state index contributed by atoms with van der Waals surface area (Å²) in [5.74, 6) is 0.314. The van der Waals surface area contributed by atoms with Crippen molar-refractivity contribution in [1.82, 2.24) is 4.72 Å². The van der Waals surface area contributed by atoms with E-state index in [4.69, 9.17) is 33.7 Å². The standard InChI is InChI=1S/C9H12Cl2N2O3S.ClH/c1-16-8-4-7(11)9(5-6(8)10)17(14,15)13-3-2-12;/h4-5,13H,2-3,12H2,1H3;1H. The van der Waals surface area contributed by atoms with Crippen LogP contribution in [0.25, 0.3) is 0 Å². The molecule has 3 N–H and O–H groups in total. The monoisotopic (exact) mass is 334 g/mol. The third-order valence-corrected chi connectivity index (χ3v) is 4.15. The summed E-state index contributed by atoms with van der Waals surface area (Å²) in [7, 11) is -2.29. The van der Waals surface area contributed by atoms with Crippen LogP contribution in [0.3, 0.4) is 0 Å². The van der Waals surface area contributed by atoms with Gasteiger partial charge >= 0.3 is 0 Å². The average molecular weight is 336 g/mol. The highest BCUT2D eigenvalue weighted by molar-refractivity contribution is 7.89. The van der Waals surface area contributed by atoms with Crippen LogP contribution in [0, 0.1) is 0 Å². The van der Waals surface area contributed by atoms with E-state index in [0.717, 1.165) is 0 Å². The van der Waals surface area contributed by atoms with Crippen LogP contribution in [-0.2, 0) is 10.0 Å². The average Bonchev–Trinajstić information content (AvgIpc) is 2.28. The van der Waals surface area contributed by atoms with Crippen molar-refractivity contribution in [2.75, 3.05) is 20.2 Å². The van der Waals surface area contributed by atoms with E-state index in [0.29, 0.717) is 5.75 Å². The number of halogens is 3. The summed E-state index contributed by atoms with van der Waals surface area (Å²) < 4.78 is 30.8. The first-order valence-corrected chi connectivity index (χ1v) is 6.89. The molecule has 0 saturated carbocycles. The van der Waals surface area contributed by atoms with Crippen LogP contribution in [-0.4, -0.2) is 28.6 Å². The maximum atomic E-state index is 11.8. The Morgan fingerprint density at radius 3 is 2.44 bits per heavy atom. The minimum atomic E-state index is -3.70. The maximum Gasteiger partial charge on any atom is 0.242 e. The summed E-state index contributed by atoms with van der Waals surface area (Å²) >= 11 is 11.7. The van der Waals surface area contributed by atoms with Gasteiger partial charge in [0.05, 0.1) is 17.2 Å². The zero-order chi connectivity index (χ0) is 13.1. The van der Waals surface area contributed by atoms with Gasteiger partial charge in [0, 0.05) is 19.2 Å². The van der Waals surface area contributed by atoms with Crippen LogP contribution in [0.15, 0.2) is 17.0 Å². The fourth-order valence-corrected chi connectivity index (χ4v) is 3.04. The number of nitrogens with one attached hydrogen (secondary N) is 1. The molecule has 0 amide bonds. The Morgan fingerprint density at radius 2 is 1.94 bits per heavy atom. The van der Waals surface area contributed by atoms with Gasteiger partial charge in [-0.1, -0.05) is 23.2 Å². The van der Waals surface area contributed by atoms with Crippen LogP contribution in [0.1, 0.15) is 0 Å². The van der Waals surface area contributed by atoms with E-state index in [-0.39, 0.29) is 40.4 Å². The zero-order valence-electron chi connectivity index (χ0n) is 9.44. The number of hydrogen-bond donors (Lipinski definition) is 2. The predicted molar refractivity (Wildman–Crippen MR) is 74.5 cm³/mol. The minimum Gasteiger partial charge on any atom is -0.495 e. The van der Waals surface area contributed by atoms with Gasteiger partial charge in [-0.25, -0.2) is 13.1 Å². The molecule has 0 aromatic heterocycles. The molecule has 1 aromatic carbocycles. The fraction of sp³-hybridized carbons (Fsp3) is 0.333. The van der Waals surface area contributed by atoms with E-state index in [2.05, 4.69) is 4.72 Å². The molecule has 5 nitrogen and oxygen atoms in total. The fourth-order valence-electron chi connectivity index (χ4n) is 1.14. The number of benzene rings is 1. The van der Waals surface area contributed by atoms with Crippen molar-refractivity contribution in [3.8, 4) is 5.75 Å². The van der Waals surface area contributed by atoms with Crippen molar-refractivity contribution < 1.29 is 13.2 Å². The summed E-state index contributed by atoms with van der Waals surface area (Å²) in [5.41, 5.74) is 5.22. The number of ether oxygens (including phenoxy) is 1. The molecule has 0 unspecified atom stereocenters. The second-order valence-electron chi connectivity index (χ2n) is 3.10. The number of rotatable bonds is 5. The van der Waals surface area contributed by atoms with Crippen molar-refractivity contribution >= 4 is 45.6 Å². The largest absolute Gasteiger partial charge is 0.495 e. The first-order chi connectivity index (χ1) is 7.92. The molecule has 0 bridgehead atoms. The van der Waals surface area contributed by atoms with Crippen molar-refractivity contribution in [3.63, 3.8) is 0 Å². The van der Waals surface area contributed by atoms with Gasteiger partial charge in [-0.05, 0) is 6.07 Å².